The molecule has 18 heavy (non-hydrogen) atoms. The van der Waals surface area contributed by atoms with Crippen LogP contribution in [0.4, 0.5) is 0 Å². The minimum absolute atomic E-state index is 0.187. The van der Waals surface area contributed by atoms with Gasteiger partial charge in [0.1, 0.15) is 5.01 Å². The largest absolute Gasteiger partial charge is 0.305 e. The molecule has 2 heterocycles. The van der Waals surface area contributed by atoms with Crippen molar-refractivity contribution in [3.63, 3.8) is 0 Å². The van der Waals surface area contributed by atoms with Crippen LogP contribution < -0.4 is 5.32 Å². The molecule has 1 atom stereocenters. The summed E-state index contributed by atoms with van der Waals surface area (Å²) < 4.78 is 23.6. The van der Waals surface area contributed by atoms with Crippen LogP contribution in [0.5, 0.6) is 0 Å². The second-order valence-corrected chi connectivity index (χ2v) is 8.40. The Morgan fingerprint density at radius 1 is 1.44 bits per heavy atom. The SMILES string of the molecule is CCCNC1(c2nc(C)c(C)s2)CCS(=O)(=O)C1. The van der Waals surface area contributed by atoms with E-state index < -0.39 is 15.4 Å². The minimum atomic E-state index is -2.93. The summed E-state index contributed by atoms with van der Waals surface area (Å²) in [4.78, 5) is 5.75. The molecular formula is C12H20N2O2S2. The normalized spacial score (nSPS) is 26.6. The third kappa shape index (κ3) is 2.60. The zero-order valence-corrected chi connectivity index (χ0v) is 12.7. The summed E-state index contributed by atoms with van der Waals surface area (Å²) in [6.45, 7) is 6.93. The van der Waals surface area contributed by atoms with Crippen molar-refractivity contribution in [3.05, 3.63) is 15.6 Å². The first kappa shape index (κ1) is 14.0. The van der Waals surface area contributed by atoms with Crippen molar-refractivity contribution < 1.29 is 8.42 Å². The molecular weight excluding hydrogens is 268 g/mol. The Morgan fingerprint density at radius 3 is 2.61 bits per heavy atom. The second-order valence-electron chi connectivity index (χ2n) is 5.01. The minimum Gasteiger partial charge on any atom is -0.305 e. The summed E-state index contributed by atoms with van der Waals surface area (Å²) in [5.41, 5.74) is 0.565. The summed E-state index contributed by atoms with van der Waals surface area (Å²) >= 11 is 1.62. The zero-order chi connectivity index (χ0) is 13.4. The molecule has 2 rings (SSSR count). The maximum absolute atomic E-state index is 11.8. The number of rotatable bonds is 4. The fraction of sp³-hybridized carbons (Fsp3) is 0.750. The van der Waals surface area contributed by atoms with Crippen LogP contribution in [0.2, 0.25) is 0 Å². The summed E-state index contributed by atoms with van der Waals surface area (Å²) in [6, 6.07) is 0. The lowest BCUT2D eigenvalue weighted by molar-refractivity contribution is 0.374. The molecule has 102 valence electrons. The monoisotopic (exact) mass is 288 g/mol. The van der Waals surface area contributed by atoms with Gasteiger partial charge in [-0.25, -0.2) is 13.4 Å². The van der Waals surface area contributed by atoms with Crippen LogP contribution in [-0.2, 0) is 15.4 Å². The highest BCUT2D eigenvalue weighted by Gasteiger charge is 2.45. The van der Waals surface area contributed by atoms with Crippen LogP contribution in [0.25, 0.3) is 0 Å². The van der Waals surface area contributed by atoms with E-state index in [1.807, 2.05) is 13.8 Å². The highest BCUT2D eigenvalue weighted by atomic mass is 32.2. The molecule has 0 bridgehead atoms. The number of hydrogen-bond acceptors (Lipinski definition) is 5. The van der Waals surface area contributed by atoms with Crippen molar-refractivity contribution in [3.8, 4) is 0 Å². The van der Waals surface area contributed by atoms with Gasteiger partial charge in [0, 0.05) is 4.88 Å². The number of aryl methyl sites for hydroxylation is 2. The Bertz CT molecular complexity index is 517. The smallest absolute Gasteiger partial charge is 0.152 e. The second kappa shape index (κ2) is 4.90. The van der Waals surface area contributed by atoms with Gasteiger partial charge in [-0.1, -0.05) is 6.92 Å². The summed E-state index contributed by atoms with van der Waals surface area (Å²) in [6.07, 6.45) is 1.63. The third-order valence-corrected chi connectivity index (χ3v) is 6.49. The Kier molecular flexibility index (Phi) is 3.80. The lowest BCUT2D eigenvalue weighted by Gasteiger charge is -2.26. The molecule has 1 N–H and O–H groups in total. The fourth-order valence-corrected chi connectivity index (χ4v) is 5.41. The van der Waals surface area contributed by atoms with Crippen molar-refractivity contribution in [2.75, 3.05) is 18.1 Å². The number of hydrogen-bond donors (Lipinski definition) is 1. The van der Waals surface area contributed by atoms with E-state index in [1.165, 1.54) is 4.88 Å². The number of aromatic nitrogens is 1. The quantitative estimate of drug-likeness (QED) is 0.917. The lowest BCUT2D eigenvalue weighted by atomic mass is 10.00. The molecule has 6 heteroatoms. The van der Waals surface area contributed by atoms with E-state index in [4.69, 9.17) is 0 Å². The Hall–Kier alpha value is -0.460. The molecule has 0 radical (unpaired) electrons. The van der Waals surface area contributed by atoms with Crippen molar-refractivity contribution in [2.45, 2.75) is 39.2 Å². The molecule has 4 nitrogen and oxygen atoms in total. The molecule has 1 aliphatic heterocycles. The molecule has 0 aliphatic carbocycles. The van der Waals surface area contributed by atoms with Crippen LogP contribution in [0.1, 0.15) is 35.3 Å². The van der Waals surface area contributed by atoms with E-state index in [0.717, 1.165) is 23.7 Å². The van der Waals surface area contributed by atoms with Crippen molar-refractivity contribution >= 4 is 21.2 Å². The molecule has 0 saturated carbocycles. The number of nitrogens with zero attached hydrogens (tertiary/aromatic N) is 1. The molecule has 0 aromatic carbocycles. The van der Waals surface area contributed by atoms with Crippen molar-refractivity contribution in [2.24, 2.45) is 0 Å². The Balaban J connectivity index is 2.37. The first-order chi connectivity index (χ1) is 8.38. The van der Waals surface area contributed by atoms with Crippen LogP contribution in [0.15, 0.2) is 0 Å². The van der Waals surface area contributed by atoms with E-state index in [9.17, 15) is 8.42 Å². The third-order valence-electron chi connectivity index (χ3n) is 3.46. The maximum atomic E-state index is 11.8. The van der Waals surface area contributed by atoms with Gasteiger partial charge >= 0.3 is 0 Å². The van der Waals surface area contributed by atoms with Crippen LogP contribution in [0.3, 0.4) is 0 Å². The molecule has 0 spiro atoms. The maximum Gasteiger partial charge on any atom is 0.152 e. The molecule has 1 unspecified atom stereocenters. The Morgan fingerprint density at radius 2 is 2.17 bits per heavy atom. The standard InChI is InChI=1S/C12H20N2O2S2/c1-4-6-13-12(5-7-18(15,16)8-12)11-14-9(2)10(3)17-11/h13H,4-8H2,1-3H3. The van der Waals surface area contributed by atoms with Gasteiger partial charge in [-0.15, -0.1) is 11.3 Å². The predicted octanol–water partition coefficient (Wildman–Crippen LogP) is 1.77. The van der Waals surface area contributed by atoms with Crippen LogP contribution in [-0.4, -0.2) is 31.5 Å². The molecule has 1 aromatic heterocycles. The van der Waals surface area contributed by atoms with Gasteiger partial charge in [-0.05, 0) is 33.2 Å². The van der Waals surface area contributed by atoms with Crippen LogP contribution in [0, 0.1) is 13.8 Å². The van der Waals surface area contributed by atoms with E-state index in [0.29, 0.717) is 6.42 Å². The van der Waals surface area contributed by atoms with Gasteiger partial charge in [0.2, 0.25) is 0 Å². The highest BCUT2D eigenvalue weighted by Crippen LogP contribution is 2.36. The first-order valence-corrected chi connectivity index (χ1v) is 8.92. The highest BCUT2D eigenvalue weighted by molar-refractivity contribution is 7.91. The van der Waals surface area contributed by atoms with Gasteiger partial charge in [0.05, 0.1) is 22.7 Å². The van der Waals surface area contributed by atoms with Gasteiger partial charge in [0.15, 0.2) is 9.84 Å². The zero-order valence-electron chi connectivity index (χ0n) is 11.1. The molecule has 0 amide bonds. The fourth-order valence-electron chi connectivity index (χ4n) is 2.27. The van der Waals surface area contributed by atoms with E-state index in [1.54, 1.807) is 11.3 Å². The summed E-state index contributed by atoms with van der Waals surface area (Å²) in [5.74, 6) is 0.452. The summed E-state index contributed by atoms with van der Waals surface area (Å²) in [5, 5.41) is 4.36. The molecule has 1 fully saturated rings. The van der Waals surface area contributed by atoms with E-state index >= 15 is 0 Å². The lowest BCUT2D eigenvalue weighted by Crippen LogP contribution is -2.43. The molecule has 1 saturated heterocycles. The van der Waals surface area contributed by atoms with Crippen molar-refractivity contribution in [1.29, 1.82) is 0 Å². The van der Waals surface area contributed by atoms with Crippen molar-refractivity contribution in [1.82, 2.24) is 10.3 Å². The topological polar surface area (TPSA) is 59.1 Å². The van der Waals surface area contributed by atoms with E-state index in [-0.39, 0.29) is 11.5 Å². The number of sulfone groups is 1. The Labute approximate surface area is 113 Å². The van der Waals surface area contributed by atoms with Gasteiger partial charge in [-0.2, -0.15) is 0 Å². The number of thiazole rings is 1. The van der Waals surface area contributed by atoms with Crippen LogP contribution >= 0.6 is 11.3 Å². The average molecular weight is 288 g/mol. The average Bonchev–Trinajstić information content (AvgIpc) is 2.79. The predicted molar refractivity (Wildman–Crippen MR) is 74.8 cm³/mol. The number of nitrogens with one attached hydrogen (secondary N) is 1. The van der Waals surface area contributed by atoms with Gasteiger partial charge in [-0.3, -0.25) is 0 Å². The van der Waals surface area contributed by atoms with E-state index in [2.05, 4.69) is 17.2 Å². The molecule has 1 aliphatic rings. The van der Waals surface area contributed by atoms with Gasteiger partial charge < -0.3 is 5.32 Å². The summed E-state index contributed by atoms with van der Waals surface area (Å²) in [7, 11) is -2.93. The van der Waals surface area contributed by atoms with Gasteiger partial charge in [0.25, 0.3) is 0 Å². The first-order valence-electron chi connectivity index (χ1n) is 6.28. The molecule has 1 aromatic rings.